The minimum absolute atomic E-state index is 0.0169. The summed E-state index contributed by atoms with van der Waals surface area (Å²) in [4.78, 5) is 10.3. The van der Waals surface area contributed by atoms with E-state index in [1.54, 1.807) is 12.1 Å². The maximum absolute atomic E-state index is 10.8. The van der Waals surface area contributed by atoms with Gasteiger partial charge in [0.05, 0.1) is 23.6 Å². The van der Waals surface area contributed by atoms with Crippen molar-refractivity contribution in [1.82, 2.24) is 0 Å². The molecular formula is C12H13N3O4. The molecule has 1 fully saturated rings. The molecule has 0 saturated carbocycles. The Morgan fingerprint density at radius 2 is 2.32 bits per heavy atom. The molecule has 1 heterocycles. The number of hydrogen-bond donors (Lipinski definition) is 2. The third-order valence-electron chi connectivity index (χ3n) is 3.13. The van der Waals surface area contributed by atoms with Crippen LogP contribution in [0.2, 0.25) is 0 Å². The van der Waals surface area contributed by atoms with Crippen LogP contribution in [0.15, 0.2) is 24.3 Å². The standard InChI is InChI=1S/C12H13N3O4/c13-8-19-11(14)5-12(6-18-7-12)9-2-1-3-10(4-9)15(16)17/h1-4,8,13-14H,5-7H2. The van der Waals surface area contributed by atoms with E-state index in [0.29, 0.717) is 19.6 Å². The number of nitrogens with one attached hydrogen (secondary N) is 2. The first kappa shape index (κ1) is 13.2. The van der Waals surface area contributed by atoms with Gasteiger partial charge in [-0.15, -0.1) is 0 Å². The summed E-state index contributed by atoms with van der Waals surface area (Å²) in [5.74, 6) is -0.0511. The highest BCUT2D eigenvalue weighted by molar-refractivity contribution is 5.81. The largest absolute Gasteiger partial charge is 0.433 e. The van der Waals surface area contributed by atoms with Crippen LogP contribution in [0.25, 0.3) is 0 Å². The third-order valence-corrected chi connectivity index (χ3v) is 3.13. The first-order valence-electron chi connectivity index (χ1n) is 5.63. The van der Waals surface area contributed by atoms with E-state index in [4.69, 9.17) is 20.3 Å². The normalized spacial score (nSPS) is 16.2. The molecule has 0 aliphatic carbocycles. The molecule has 0 radical (unpaired) electrons. The molecule has 1 aromatic rings. The zero-order valence-corrected chi connectivity index (χ0v) is 10.1. The lowest BCUT2D eigenvalue weighted by Crippen LogP contribution is -2.48. The summed E-state index contributed by atoms with van der Waals surface area (Å²) in [6.07, 6.45) is 0.951. The van der Waals surface area contributed by atoms with Gasteiger partial charge in [-0.2, -0.15) is 0 Å². The highest BCUT2D eigenvalue weighted by Crippen LogP contribution is 2.37. The zero-order valence-electron chi connectivity index (χ0n) is 10.1. The molecule has 2 rings (SSSR count). The molecule has 19 heavy (non-hydrogen) atoms. The fourth-order valence-electron chi connectivity index (χ4n) is 2.09. The van der Waals surface area contributed by atoms with E-state index in [2.05, 4.69) is 0 Å². The number of nitro benzene ring substituents is 1. The monoisotopic (exact) mass is 263 g/mol. The molecule has 0 atom stereocenters. The van der Waals surface area contributed by atoms with Crippen molar-refractivity contribution in [3.63, 3.8) is 0 Å². The lowest BCUT2D eigenvalue weighted by molar-refractivity contribution is -0.385. The van der Waals surface area contributed by atoms with Gasteiger partial charge >= 0.3 is 0 Å². The smallest absolute Gasteiger partial charge is 0.269 e. The molecule has 2 N–H and O–H groups in total. The highest BCUT2D eigenvalue weighted by atomic mass is 16.6. The van der Waals surface area contributed by atoms with Crippen LogP contribution in [0.4, 0.5) is 5.69 Å². The minimum atomic E-state index is -0.466. The van der Waals surface area contributed by atoms with E-state index in [9.17, 15) is 10.1 Å². The average Bonchev–Trinajstić information content (AvgIpc) is 2.34. The summed E-state index contributed by atoms with van der Waals surface area (Å²) in [7, 11) is 0. The van der Waals surface area contributed by atoms with E-state index in [1.165, 1.54) is 12.1 Å². The Hall–Kier alpha value is -2.28. The maximum Gasteiger partial charge on any atom is 0.269 e. The molecule has 0 unspecified atom stereocenters. The first-order chi connectivity index (χ1) is 9.07. The van der Waals surface area contributed by atoms with E-state index in [-0.39, 0.29) is 18.0 Å². The van der Waals surface area contributed by atoms with Crippen molar-refractivity contribution in [2.75, 3.05) is 13.2 Å². The van der Waals surface area contributed by atoms with Gasteiger partial charge in [-0.3, -0.25) is 20.9 Å². The number of rotatable bonds is 5. The summed E-state index contributed by atoms with van der Waals surface area (Å²) in [6.45, 7) is 0.774. The predicted molar refractivity (Wildman–Crippen MR) is 67.8 cm³/mol. The van der Waals surface area contributed by atoms with Gasteiger partial charge in [-0.1, -0.05) is 12.1 Å². The molecule has 0 spiro atoms. The zero-order chi connectivity index (χ0) is 13.9. The number of ether oxygens (including phenoxy) is 2. The van der Waals surface area contributed by atoms with Crippen molar-refractivity contribution in [3.8, 4) is 0 Å². The van der Waals surface area contributed by atoms with Crippen LogP contribution in [0.5, 0.6) is 0 Å². The van der Waals surface area contributed by atoms with Crippen LogP contribution in [-0.4, -0.2) is 30.4 Å². The van der Waals surface area contributed by atoms with E-state index in [0.717, 1.165) is 5.56 Å². The topological polar surface area (TPSA) is 109 Å². The Kier molecular flexibility index (Phi) is 3.57. The van der Waals surface area contributed by atoms with Gasteiger partial charge in [0.1, 0.15) is 0 Å². The first-order valence-corrected chi connectivity index (χ1v) is 5.63. The fourth-order valence-corrected chi connectivity index (χ4v) is 2.09. The molecule has 1 aromatic carbocycles. The van der Waals surface area contributed by atoms with Crippen molar-refractivity contribution in [3.05, 3.63) is 39.9 Å². The number of non-ortho nitro benzene ring substituents is 1. The number of hydrogen-bond acceptors (Lipinski definition) is 6. The van der Waals surface area contributed by atoms with Crippen molar-refractivity contribution < 1.29 is 14.4 Å². The van der Waals surface area contributed by atoms with Crippen molar-refractivity contribution >= 4 is 18.0 Å². The fraction of sp³-hybridized carbons (Fsp3) is 0.333. The Morgan fingerprint density at radius 1 is 1.58 bits per heavy atom. The molecule has 1 saturated heterocycles. The van der Waals surface area contributed by atoms with Gasteiger partial charge in [-0.25, -0.2) is 0 Å². The van der Waals surface area contributed by atoms with Gasteiger partial charge < -0.3 is 9.47 Å². The second-order valence-electron chi connectivity index (χ2n) is 4.42. The summed E-state index contributed by atoms with van der Waals surface area (Å²) >= 11 is 0. The van der Waals surface area contributed by atoms with Crippen LogP contribution in [0, 0.1) is 20.9 Å². The Morgan fingerprint density at radius 3 is 2.84 bits per heavy atom. The molecule has 0 aromatic heterocycles. The molecular weight excluding hydrogens is 250 g/mol. The summed E-state index contributed by atoms with van der Waals surface area (Å²) in [5, 5.41) is 25.2. The third kappa shape index (κ3) is 2.60. The molecule has 7 heteroatoms. The summed E-state index contributed by atoms with van der Waals surface area (Å²) in [5.41, 5.74) is 0.307. The summed E-state index contributed by atoms with van der Waals surface area (Å²) in [6, 6.07) is 6.33. The van der Waals surface area contributed by atoms with Crippen LogP contribution in [-0.2, 0) is 14.9 Å². The second-order valence-corrected chi connectivity index (χ2v) is 4.42. The van der Waals surface area contributed by atoms with Gasteiger partial charge in [0.25, 0.3) is 5.69 Å². The lowest BCUT2D eigenvalue weighted by atomic mass is 9.75. The van der Waals surface area contributed by atoms with Crippen LogP contribution < -0.4 is 0 Å². The second kappa shape index (κ2) is 5.15. The lowest BCUT2D eigenvalue weighted by Gasteiger charge is -2.41. The van der Waals surface area contributed by atoms with E-state index < -0.39 is 10.3 Å². The van der Waals surface area contributed by atoms with Gasteiger partial charge in [0, 0.05) is 18.6 Å². The van der Waals surface area contributed by atoms with Crippen molar-refractivity contribution in [1.29, 1.82) is 10.8 Å². The summed E-state index contributed by atoms with van der Waals surface area (Å²) < 4.78 is 9.90. The number of benzene rings is 1. The van der Waals surface area contributed by atoms with E-state index in [1.807, 2.05) is 0 Å². The Balaban J connectivity index is 2.25. The molecule has 0 bridgehead atoms. The van der Waals surface area contributed by atoms with Crippen molar-refractivity contribution in [2.24, 2.45) is 0 Å². The number of nitrogens with zero attached hydrogens (tertiary/aromatic N) is 1. The number of nitro groups is 1. The van der Waals surface area contributed by atoms with Gasteiger partial charge in [0.2, 0.25) is 0 Å². The quantitative estimate of drug-likeness (QED) is 0.365. The van der Waals surface area contributed by atoms with Crippen molar-refractivity contribution in [2.45, 2.75) is 11.8 Å². The molecule has 7 nitrogen and oxygen atoms in total. The molecule has 0 amide bonds. The Bertz CT molecular complexity index is 525. The highest BCUT2D eigenvalue weighted by Gasteiger charge is 2.42. The molecule has 100 valence electrons. The molecule has 1 aliphatic rings. The maximum atomic E-state index is 10.8. The average molecular weight is 263 g/mol. The van der Waals surface area contributed by atoms with Gasteiger partial charge in [-0.05, 0) is 5.56 Å². The van der Waals surface area contributed by atoms with Gasteiger partial charge in [0.15, 0.2) is 12.3 Å². The SMILES string of the molecule is N=COC(=N)CC1(c2cccc([N+](=O)[O-])c2)COC1. The van der Waals surface area contributed by atoms with Crippen LogP contribution in [0.1, 0.15) is 12.0 Å². The minimum Gasteiger partial charge on any atom is -0.433 e. The molecule has 1 aliphatic heterocycles. The van der Waals surface area contributed by atoms with Crippen LogP contribution in [0.3, 0.4) is 0 Å². The predicted octanol–water partition coefficient (Wildman–Crippen LogP) is 1.85. The van der Waals surface area contributed by atoms with Crippen LogP contribution >= 0.6 is 0 Å². The van der Waals surface area contributed by atoms with E-state index >= 15 is 0 Å². The Labute approximate surface area is 109 Å².